The molecule has 1 atom stereocenters. The third-order valence-electron chi connectivity index (χ3n) is 2.90. The normalized spacial score (nSPS) is 12.7. The van der Waals surface area contributed by atoms with Gasteiger partial charge in [0.2, 0.25) is 0 Å². The molecule has 0 radical (unpaired) electrons. The van der Waals surface area contributed by atoms with Gasteiger partial charge in [-0.25, -0.2) is 0 Å². The van der Waals surface area contributed by atoms with E-state index in [1.54, 1.807) is 13.3 Å². The van der Waals surface area contributed by atoms with E-state index in [1.807, 2.05) is 48.9 Å². The van der Waals surface area contributed by atoms with Crippen LogP contribution >= 0.6 is 0 Å². The summed E-state index contributed by atoms with van der Waals surface area (Å²) in [5.74, 6) is 0.682. The zero-order valence-corrected chi connectivity index (χ0v) is 10.9. The second-order valence-electron chi connectivity index (χ2n) is 4.44. The summed E-state index contributed by atoms with van der Waals surface area (Å²) in [6, 6.07) is 9.51. The lowest BCUT2D eigenvalue weighted by molar-refractivity contribution is 0.200. The van der Waals surface area contributed by atoms with Crippen LogP contribution in [0.1, 0.15) is 37.3 Å². The van der Waals surface area contributed by atoms with Gasteiger partial charge in [-0.3, -0.25) is 4.68 Å². The Kier molecular flexibility index (Phi) is 3.67. The molecule has 96 valence electrons. The van der Waals surface area contributed by atoms with E-state index in [2.05, 4.69) is 5.10 Å². The molecule has 1 aromatic heterocycles. The molecule has 0 bridgehead atoms. The van der Waals surface area contributed by atoms with Crippen molar-refractivity contribution in [2.45, 2.75) is 26.0 Å². The van der Waals surface area contributed by atoms with Crippen molar-refractivity contribution in [2.75, 3.05) is 7.11 Å². The molecule has 18 heavy (non-hydrogen) atoms. The predicted octanol–water partition coefficient (Wildman–Crippen LogP) is 2.55. The highest BCUT2D eigenvalue weighted by atomic mass is 16.5. The van der Waals surface area contributed by atoms with Crippen molar-refractivity contribution in [3.05, 3.63) is 47.8 Å². The lowest BCUT2D eigenvalue weighted by atomic mass is 10.1. The monoisotopic (exact) mass is 246 g/mol. The number of aromatic nitrogens is 2. The van der Waals surface area contributed by atoms with E-state index in [9.17, 15) is 5.11 Å². The first-order valence-corrected chi connectivity index (χ1v) is 5.99. The minimum atomic E-state index is -0.731. The third kappa shape index (κ3) is 2.24. The van der Waals surface area contributed by atoms with Crippen LogP contribution in [0.15, 0.2) is 36.5 Å². The fourth-order valence-corrected chi connectivity index (χ4v) is 2.02. The number of methoxy groups -OCH3 is 1. The first kappa shape index (κ1) is 12.6. The van der Waals surface area contributed by atoms with Gasteiger partial charge in [0.25, 0.3) is 0 Å². The van der Waals surface area contributed by atoms with Crippen LogP contribution in [-0.2, 0) is 0 Å². The van der Waals surface area contributed by atoms with Gasteiger partial charge < -0.3 is 9.84 Å². The number of aliphatic hydroxyl groups is 1. The minimum Gasteiger partial charge on any atom is -0.496 e. The first-order chi connectivity index (χ1) is 8.65. The minimum absolute atomic E-state index is 0.208. The van der Waals surface area contributed by atoms with Gasteiger partial charge in [-0.05, 0) is 26.0 Å². The van der Waals surface area contributed by atoms with Crippen LogP contribution in [-0.4, -0.2) is 22.0 Å². The molecule has 0 spiro atoms. The number of rotatable bonds is 4. The van der Waals surface area contributed by atoms with Crippen molar-refractivity contribution in [3.63, 3.8) is 0 Å². The van der Waals surface area contributed by atoms with E-state index in [4.69, 9.17) is 4.74 Å². The highest BCUT2D eigenvalue weighted by Crippen LogP contribution is 2.30. The highest BCUT2D eigenvalue weighted by molar-refractivity contribution is 5.38. The number of nitrogens with zero attached hydrogens (tertiary/aromatic N) is 2. The summed E-state index contributed by atoms with van der Waals surface area (Å²) in [4.78, 5) is 0. The Balaban J connectivity index is 2.41. The molecule has 0 saturated carbocycles. The molecule has 1 aromatic carbocycles. The molecule has 2 rings (SSSR count). The fourth-order valence-electron chi connectivity index (χ4n) is 2.02. The summed E-state index contributed by atoms with van der Waals surface area (Å²) in [5, 5.41) is 14.7. The Labute approximate surface area is 107 Å². The number of hydrogen-bond acceptors (Lipinski definition) is 3. The summed E-state index contributed by atoms with van der Waals surface area (Å²) < 4.78 is 7.09. The van der Waals surface area contributed by atoms with Gasteiger partial charge >= 0.3 is 0 Å². The highest BCUT2D eigenvalue weighted by Gasteiger charge is 2.19. The first-order valence-electron chi connectivity index (χ1n) is 5.99. The third-order valence-corrected chi connectivity index (χ3v) is 2.90. The molecule has 0 aliphatic rings. The molecule has 0 amide bonds. The summed E-state index contributed by atoms with van der Waals surface area (Å²) in [6.45, 7) is 4.07. The molecule has 0 saturated heterocycles. The van der Waals surface area contributed by atoms with Gasteiger partial charge in [-0.15, -0.1) is 0 Å². The van der Waals surface area contributed by atoms with Crippen LogP contribution < -0.4 is 4.74 Å². The van der Waals surface area contributed by atoms with Gasteiger partial charge in [0.05, 0.1) is 12.8 Å². The van der Waals surface area contributed by atoms with Crippen molar-refractivity contribution >= 4 is 0 Å². The largest absolute Gasteiger partial charge is 0.496 e. The zero-order chi connectivity index (χ0) is 13.1. The Morgan fingerprint density at radius 3 is 2.61 bits per heavy atom. The average Bonchev–Trinajstić information content (AvgIpc) is 2.87. The van der Waals surface area contributed by atoms with Crippen molar-refractivity contribution < 1.29 is 9.84 Å². The van der Waals surface area contributed by atoms with Gasteiger partial charge in [-0.2, -0.15) is 5.10 Å². The van der Waals surface area contributed by atoms with Crippen LogP contribution in [0.5, 0.6) is 5.75 Å². The number of benzene rings is 1. The number of aliphatic hydroxyl groups excluding tert-OH is 1. The van der Waals surface area contributed by atoms with E-state index in [-0.39, 0.29) is 6.04 Å². The lowest BCUT2D eigenvalue weighted by Crippen LogP contribution is -2.12. The number of hydrogen-bond donors (Lipinski definition) is 1. The molecular weight excluding hydrogens is 228 g/mol. The molecule has 1 heterocycles. The summed E-state index contributed by atoms with van der Waals surface area (Å²) in [5.41, 5.74) is 1.52. The average molecular weight is 246 g/mol. The Morgan fingerprint density at radius 1 is 1.22 bits per heavy atom. The molecule has 0 fully saturated rings. The van der Waals surface area contributed by atoms with Crippen molar-refractivity contribution in [3.8, 4) is 5.75 Å². The maximum atomic E-state index is 10.5. The van der Waals surface area contributed by atoms with Gasteiger partial charge in [0.1, 0.15) is 11.9 Å². The Bertz CT molecular complexity index is 520. The Hall–Kier alpha value is -1.81. The van der Waals surface area contributed by atoms with Crippen LogP contribution in [0.4, 0.5) is 0 Å². The quantitative estimate of drug-likeness (QED) is 0.901. The van der Waals surface area contributed by atoms with Crippen molar-refractivity contribution in [1.82, 2.24) is 9.78 Å². The summed E-state index contributed by atoms with van der Waals surface area (Å²) >= 11 is 0. The molecule has 0 aliphatic heterocycles. The SMILES string of the molecule is COc1ccccc1C(O)c1ccnn1C(C)C. The van der Waals surface area contributed by atoms with Crippen LogP contribution in [0.2, 0.25) is 0 Å². The van der Waals surface area contributed by atoms with E-state index in [1.165, 1.54) is 0 Å². The van der Waals surface area contributed by atoms with E-state index in [0.29, 0.717) is 5.75 Å². The summed E-state index contributed by atoms with van der Waals surface area (Å²) in [6.07, 6.45) is 0.972. The number of para-hydroxylation sites is 1. The zero-order valence-electron chi connectivity index (χ0n) is 10.9. The van der Waals surface area contributed by atoms with E-state index in [0.717, 1.165) is 11.3 Å². The molecule has 4 nitrogen and oxygen atoms in total. The second-order valence-corrected chi connectivity index (χ2v) is 4.44. The standard InChI is InChI=1S/C14H18N2O2/c1-10(2)16-12(8-9-15-16)14(17)11-6-4-5-7-13(11)18-3/h4-10,14,17H,1-3H3. The van der Waals surface area contributed by atoms with Gasteiger partial charge in [0, 0.05) is 17.8 Å². The maximum absolute atomic E-state index is 10.5. The summed E-state index contributed by atoms with van der Waals surface area (Å²) in [7, 11) is 1.60. The molecule has 1 N–H and O–H groups in total. The Morgan fingerprint density at radius 2 is 1.94 bits per heavy atom. The van der Waals surface area contributed by atoms with Crippen molar-refractivity contribution in [2.24, 2.45) is 0 Å². The maximum Gasteiger partial charge on any atom is 0.125 e. The van der Waals surface area contributed by atoms with E-state index < -0.39 is 6.10 Å². The molecular formula is C14H18N2O2. The molecule has 4 heteroatoms. The topological polar surface area (TPSA) is 47.3 Å². The fraction of sp³-hybridized carbons (Fsp3) is 0.357. The lowest BCUT2D eigenvalue weighted by Gasteiger charge is -2.18. The second kappa shape index (κ2) is 5.23. The van der Waals surface area contributed by atoms with Crippen LogP contribution in [0.25, 0.3) is 0 Å². The van der Waals surface area contributed by atoms with Gasteiger partial charge in [0.15, 0.2) is 0 Å². The van der Waals surface area contributed by atoms with Crippen LogP contribution in [0, 0.1) is 0 Å². The van der Waals surface area contributed by atoms with Crippen molar-refractivity contribution in [1.29, 1.82) is 0 Å². The molecule has 2 aromatic rings. The van der Waals surface area contributed by atoms with Gasteiger partial charge in [-0.1, -0.05) is 18.2 Å². The smallest absolute Gasteiger partial charge is 0.125 e. The van der Waals surface area contributed by atoms with Crippen LogP contribution in [0.3, 0.4) is 0 Å². The molecule has 0 aliphatic carbocycles. The number of ether oxygens (including phenoxy) is 1. The molecule has 1 unspecified atom stereocenters. The predicted molar refractivity (Wildman–Crippen MR) is 69.7 cm³/mol. The van der Waals surface area contributed by atoms with E-state index >= 15 is 0 Å².